The van der Waals surface area contributed by atoms with E-state index in [0.717, 1.165) is 28.1 Å². The molecule has 0 atom stereocenters. The van der Waals surface area contributed by atoms with Crippen molar-refractivity contribution in [3.63, 3.8) is 0 Å². The summed E-state index contributed by atoms with van der Waals surface area (Å²) in [6.07, 6.45) is 2.37. The first kappa shape index (κ1) is 13.1. The maximum Gasteiger partial charge on any atom is 0.197 e. The van der Waals surface area contributed by atoms with E-state index in [4.69, 9.17) is 9.52 Å². The number of aliphatic hydroxyl groups excluding tert-OH is 1. The van der Waals surface area contributed by atoms with E-state index in [2.05, 4.69) is 9.97 Å². The third kappa shape index (κ3) is 2.69. The molecule has 5 heteroatoms. The topological polar surface area (TPSA) is 59.2 Å². The second-order valence-corrected chi connectivity index (χ2v) is 5.36. The van der Waals surface area contributed by atoms with Gasteiger partial charge in [-0.1, -0.05) is 18.2 Å². The number of nitrogens with zero attached hydrogens (tertiary/aromatic N) is 2. The van der Waals surface area contributed by atoms with Crippen molar-refractivity contribution in [2.24, 2.45) is 0 Å². The molecule has 1 N–H and O–H groups in total. The average Bonchev–Trinajstić information content (AvgIpc) is 3.01. The summed E-state index contributed by atoms with van der Waals surface area (Å²) < 4.78 is 5.37. The first-order valence-electron chi connectivity index (χ1n) is 6.43. The monoisotopic (exact) mass is 286 g/mol. The second kappa shape index (κ2) is 6.07. The van der Waals surface area contributed by atoms with E-state index in [1.165, 1.54) is 0 Å². The Morgan fingerprint density at radius 3 is 2.80 bits per heavy atom. The maximum atomic E-state index is 8.90. The fraction of sp³-hybridized carbons (Fsp3) is 0.200. The molecule has 0 aliphatic rings. The first-order chi connectivity index (χ1) is 9.88. The highest BCUT2D eigenvalue weighted by molar-refractivity contribution is 7.99. The van der Waals surface area contributed by atoms with E-state index in [-0.39, 0.29) is 6.61 Å². The fourth-order valence-corrected chi connectivity index (χ4v) is 2.85. The van der Waals surface area contributed by atoms with E-state index < -0.39 is 0 Å². The zero-order valence-corrected chi connectivity index (χ0v) is 11.6. The van der Waals surface area contributed by atoms with Gasteiger partial charge in [0.15, 0.2) is 11.6 Å². The van der Waals surface area contributed by atoms with Gasteiger partial charge in [0.05, 0.1) is 11.8 Å². The van der Waals surface area contributed by atoms with Crippen LogP contribution in [0, 0.1) is 0 Å². The molecular weight excluding hydrogens is 272 g/mol. The number of aliphatic hydroxyl groups is 1. The van der Waals surface area contributed by atoms with Gasteiger partial charge in [0.1, 0.15) is 5.03 Å². The van der Waals surface area contributed by atoms with E-state index >= 15 is 0 Å². The van der Waals surface area contributed by atoms with Crippen LogP contribution in [0.25, 0.3) is 22.5 Å². The Balaban J connectivity index is 2.05. The van der Waals surface area contributed by atoms with Crippen molar-refractivity contribution < 1.29 is 9.52 Å². The van der Waals surface area contributed by atoms with Crippen LogP contribution in [0.1, 0.15) is 6.42 Å². The van der Waals surface area contributed by atoms with Gasteiger partial charge in [0.25, 0.3) is 0 Å². The Kier molecular flexibility index (Phi) is 3.99. The van der Waals surface area contributed by atoms with Gasteiger partial charge in [0.2, 0.25) is 0 Å². The lowest BCUT2D eigenvalue weighted by molar-refractivity contribution is 0.296. The van der Waals surface area contributed by atoms with Crippen LogP contribution in [-0.2, 0) is 0 Å². The summed E-state index contributed by atoms with van der Waals surface area (Å²) in [5.74, 6) is 2.09. The van der Waals surface area contributed by atoms with Crippen LogP contribution in [0.4, 0.5) is 0 Å². The molecule has 3 rings (SSSR count). The molecule has 0 unspecified atom stereocenters. The predicted molar refractivity (Wildman–Crippen MR) is 79.7 cm³/mol. The molecule has 0 amide bonds. The van der Waals surface area contributed by atoms with Gasteiger partial charge in [-0.2, -0.15) is 0 Å². The predicted octanol–water partition coefficient (Wildman–Crippen LogP) is 3.36. The van der Waals surface area contributed by atoms with Crippen LogP contribution in [0.15, 0.2) is 52.1 Å². The number of rotatable bonds is 5. The zero-order chi connectivity index (χ0) is 13.8. The summed E-state index contributed by atoms with van der Waals surface area (Å²) in [7, 11) is 0. The van der Waals surface area contributed by atoms with Crippen molar-refractivity contribution in [2.45, 2.75) is 11.4 Å². The second-order valence-electron chi connectivity index (χ2n) is 4.27. The van der Waals surface area contributed by atoms with Crippen LogP contribution in [0.2, 0.25) is 0 Å². The number of benzene rings is 1. The van der Waals surface area contributed by atoms with Crippen LogP contribution >= 0.6 is 11.8 Å². The van der Waals surface area contributed by atoms with Crippen molar-refractivity contribution in [1.82, 2.24) is 9.97 Å². The minimum Gasteiger partial charge on any atom is -0.461 e. The Bertz CT molecular complexity index is 698. The fourth-order valence-electron chi connectivity index (χ4n) is 1.91. The molecule has 2 aromatic heterocycles. The number of hydrogen-bond donors (Lipinski definition) is 1. The van der Waals surface area contributed by atoms with Gasteiger partial charge in [-0.3, -0.25) is 0 Å². The van der Waals surface area contributed by atoms with Gasteiger partial charge in [0, 0.05) is 17.7 Å². The SMILES string of the molecule is OCCCSc1nc(-c2ccco2)nc2ccccc12. The normalized spacial score (nSPS) is 11.1. The van der Waals surface area contributed by atoms with Gasteiger partial charge in [-0.05, 0) is 24.6 Å². The minimum absolute atomic E-state index is 0.195. The average molecular weight is 286 g/mol. The van der Waals surface area contributed by atoms with Crippen molar-refractivity contribution in [3.05, 3.63) is 42.7 Å². The maximum absolute atomic E-state index is 8.90. The highest BCUT2D eigenvalue weighted by Crippen LogP contribution is 2.28. The van der Waals surface area contributed by atoms with E-state index in [1.54, 1.807) is 18.0 Å². The van der Waals surface area contributed by atoms with Gasteiger partial charge < -0.3 is 9.52 Å². The summed E-state index contributed by atoms with van der Waals surface area (Å²) in [6.45, 7) is 0.195. The number of thioether (sulfide) groups is 1. The van der Waals surface area contributed by atoms with Crippen molar-refractivity contribution >= 4 is 22.7 Å². The molecule has 0 aliphatic heterocycles. The van der Waals surface area contributed by atoms with Crippen LogP contribution < -0.4 is 0 Å². The molecule has 0 radical (unpaired) electrons. The van der Waals surface area contributed by atoms with Gasteiger partial charge in [-0.15, -0.1) is 11.8 Å². The van der Waals surface area contributed by atoms with Crippen molar-refractivity contribution in [1.29, 1.82) is 0 Å². The number of fused-ring (bicyclic) bond motifs is 1. The van der Waals surface area contributed by atoms with Crippen LogP contribution in [0.3, 0.4) is 0 Å². The van der Waals surface area contributed by atoms with Gasteiger partial charge in [-0.25, -0.2) is 9.97 Å². The third-order valence-electron chi connectivity index (χ3n) is 2.85. The van der Waals surface area contributed by atoms with Crippen LogP contribution in [-0.4, -0.2) is 27.4 Å². The van der Waals surface area contributed by atoms with Crippen LogP contribution in [0.5, 0.6) is 0 Å². The Hall–Kier alpha value is -1.85. The molecule has 2 heterocycles. The molecule has 4 nitrogen and oxygen atoms in total. The molecule has 0 spiro atoms. The van der Waals surface area contributed by atoms with E-state index in [1.807, 2.05) is 36.4 Å². The lowest BCUT2D eigenvalue weighted by Gasteiger charge is -2.06. The summed E-state index contributed by atoms with van der Waals surface area (Å²) in [6, 6.07) is 11.6. The largest absolute Gasteiger partial charge is 0.461 e. The standard InChI is InChI=1S/C15H14N2O2S/c18-8-4-10-20-15-11-5-1-2-6-12(11)16-14(17-15)13-7-3-9-19-13/h1-3,5-7,9,18H,4,8,10H2. The highest BCUT2D eigenvalue weighted by atomic mass is 32.2. The number of aromatic nitrogens is 2. The quantitative estimate of drug-likeness (QED) is 0.443. The lowest BCUT2D eigenvalue weighted by Crippen LogP contribution is -1.94. The molecule has 20 heavy (non-hydrogen) atoms. The summed E-state index contributed by atoms with van der Waals surface area (Å²) in [5.41, 5.74) is 0.903. The highest BCUT2D eigenvalue weighted by Gasteiger charge is 2.11. The molecular formula is C15H14N2O2S. The molecule has 0 fully saturated rings. The van der Waals surface area contributed by atoms with Crippen molar-refractivity contribution in [3.8, 4) is 11.6 Å². The minimum atomic E-state index is 0.195. The number of para-hydroxylation sites is 1. The van der Waals surface area contributed by atoms with Crippen molar-refractivity contribution in [2.75, 3.05) is 12.4 Å². The summed E-state index contributed by atoms with van der Waals surface area (Å²) in [5, 5.41) is 10.9. The lowest BCUT2D eigenvalue weighted by atomic mass is 10.2. The zero-order valence-electron chi connectivity index (χ0n) is 10.8. The van der Waals surface area contributed by atoms with Gasteiger partial charge >= 0.3 is 0 Å². The number of hydrogen-bond acceptors (Lipinski definition) is 5. The summed E-state index contributed by atoms with van der Waals surface area (Å²) in [4.78, 5) is 9.13. The van der Waals surface area contributed by atoms with E-state index in [0.29, 0.717) is 11.6 Å². The first-order valence-corrected chi connectivity index (χ1v) is 7.41. The summed E-state index contributed by atoms with van der Waals surface area (Å²) >= 11 is 1.63. The number of furan rings is 1. The molecule has 0 saturated heterocycles. The smallest absolute Gasteiger partial charge is 0.197 e. The molecule has 3 aromatic rings. The molecule has 0 bridgehead atoms. The molecule has 0 saturated carbocycles. The molecule has 0 aliphatic carbocycles. The van der Waals surface area contributed by atoms with E-state index in [9.17, 15) is 0 Å². The Morgan fingerprint density at radius 2 is 2.00 bits per heavy atom. The molecule has 102 valence electrons. The third-order valence-corrected chi connectivity index (χ3v) is 3.93. The Morgan fingerprint density at radius 1 is 1.10 bits per heavy atom. The molecule has 1 aromatic carbocycles. The Labute approximate surface area is 120 Å².